The number of Topliss-reactive ketones (excluding diaryl/α,β-unsaturated/α-hetero) is 1. The van der Waals surface area contributed by atoms with Gasteiger partial charge in [-0.15, -0.1) is 0 Å². The first-order chi connectivity index (χ1) is 13.5. The number of ketones is 1. The second-order valence-corrected chi connectivity index (χ2v) is 6.96. The molecule has 0 unspecified atom stereocenters. The van der Waals surface area contributed by atoms with Crippen LogP contribution in [0.5, 0.6) is 0 Å². The number of benzene rings is 2. The number of hydrogen-bond acceptors (Lipinski definition) is 4. The number of likely N-dealkylation sites (tertiary alicyclic amines) is 1. The molecule has 0 atom stereocenters. The van der Waals surface area contributed by atoms with E-state index in [2.05, 4.69) is 10.6 Å². The van der Waals surface area contributed by atoms with Crippen LogP contribution in [0.1, 0.15) is 46.0 Å². The van der Waals surface area contributed by atoms with Crippen LogP contribution in [0.2, 0.25) is 0 Å². The summed E-state index contributed by atoms with van der Waals surface area (Å²) in [6.45, 7) is 3.74. The molecular formula is C22H25N3O3. The van der Waals surface area contributed by atoms with Crippen molar-refractivity contribution in [3.63, 3.8) is 0 Å². The Labute approximate surface area is 164 Å². The van der Waals surface area contributed by atoms with Gasteiger partial charge in [-0.05, 0) is 61.7 Å². The van der Waals surface area contributed by atoms with Gasteiger partial charge in [-0.1, -0.05) is 12.1 Å². The van der Waals surface area contributed by atoms with Crippen LogP contribution in [0.4, 0.5) is 5.69 Å². The molecule has 1 heterocycles. The highest BCUT2D eigenvalue weighted by Gasteiger charge is 2.19. The zero-order valence-corrected chi connectivity index (χ0v) is 16.0. The molecule has 1 aliphatic heterocycles. The molecule has 1 aliphatic rings. The normalized spacial score (nSPS) is 13.2. The van der Waals surface area contributed by atoms with Crippen LogP contribution in [0.15, 0.2) is 48.5 Å². The predicted molar refractivity (Wildman–Crippen MR) is 108 cm³/mol. The van der Waals surface area contributed by atoms with E-state index < -0.39 is 0 Å². The van der Waals surface area contributed by atoms with Gasteiger partial charge in [-0.3, -0.25) is 14.4 Å². The van der Waals surface area contributed by atoms with Crippen molar-refractivity contribution in [2.24, 2.45) is 0 Å². The van der Waals surface area contributed by atoms with Crippen molar-refractivity contribution in [1.82, 2.24) is 10.2 Å². The highest BCUT2D eigenvalue weighted by molar-refractivity contribution is 5.95. The average Bonchev–Trinajstić information content (AvgIpc) is 3.25. The summed E-state index contributed by atoms with van der Waals surface area (Å²) >= 11 is 0. The molecule has 6 nitrogen and oxygen atoms in total. The lowest BCUT2D eigenvalue weighted by atomic mass is 10.1. The summed E-state index contributed by atoms with van der Waals surface area (Å²) in [5.41, 5.74) is 3.05. The predicted octanol–water partition coefficient (Wildman–Crippen LogP) is 2.85. The van der Waals surface area contributed by atoms with E-state index in [9.17, 15) is 14.4 Å². The molecule has 0 aromatic heterocycles. The maximum Gasteiger partial charge on any atom is 0.253 e. The molecule has 2 amide bonds. The van der Waals surface area contributed by atoms with Crippen LogP contribution in [-0.4, -0.2) is 42.1 Å². The van der Waals surface area contributed by atoms with E-state index in [1.165, 1.54) is 6.92 Å². The van der Waals surface area contributed by atoms with Crippen LogP contribution in [0.3, 0.4) is 0 Å². The van der Waals surface area contributed by atoms with Gasteiger partial charge in [0.25, 0.3) is 5.91 Å². The third-order valence-corrected chi connectivity index (χ3v) is 4.83. The molecule has 1 saturated heterocycles. The molecule has 0 bridgehead atoms. The van der Waals surface area contributed by atoms with Gasteiger partial charge >= 0.3 is 0 Å². The summed E-state index contributed by atoms with van der Waals surface area (Å²) in [4.78, 5) is 37.5. The number of carbonyl (C=O) groups excluding carboxylic acids is 3. The lowest BCUT2D eigenvalue weighted by molar-refractivity contribution is -0.119. The Morgan fingerprint density at radius 3 is 2.11 bits per heavy atom. The average molecular weight is 379 g/mol. The fourth-order valence-corrected chi connectivity index (χ4v) is 3.14. The Morgan fingerprint density at radius 2 is 1.50 bits per heavy atom. The lowest BCUT2D eigenvalue weighted by Gasteiger charge is -2.15. The number of amides is 2. The number of nitrogens with one attached hydrogen (secondary N) is 2. The summed E-state index contributed by atoms with van der Waals surface area (Å²) < 4.78 is 0. The van der Waals surface area contributed by atoms with Gasteiger partial charge in [0.05, 0.1) is 6.54 Å². The van der Waals surface area contributed by atoms with E-state index in [1.807, 2.05) is 29.2 Å². The first kappa shape index (κ1) is 19.6. The molecule has 3 rings (SSSR count). The maximum absolute atomic E-state index is 12.3. The van der Waals surface area contributed by atoms with Crippen molar-refractivity contribution >= 4 is 23.3 Å². The molecule has 2 N–H and O–H groups in total. The van der Waals surface area contributed by atoms with Gasteiger partial charge in [-0.2, -0.15) is 0 Å². The van der Waals surface area contributed by atoms with Gasteiger partial charge in [0.2, 0.25) is 5.91 Å². The summed E-state index contributed by atoms with van der Waals surface area (Å²) in [6, 6.07) is 14.4. The minimum absolute atomic E-state index is 0.0115. The summed E-state index contributed by atoms with van der Waals surface area (Å²) in [5, 5.41) is 5.88. The Bertz CT molecular complexity index is 838. The zero-order chi connectivity index (χ0) is 19.9. The minimum atomic E-state index is -0.132. The maximum atomic E-state index is 12.3. The van der Waals surface area contributed by atoms with Crippen LogP contribution in [0, 0.1) is 0 Å². The minimum Gasteiger partial charge on any atom is -0.376 e. The van der Waals surface area contributed by atoms with E-state index in [0.29, 0.717) is 17.7 Å². The third kappa shape index (κ3) is 5.19. The van der Waals surface area contributed by atoms with Gasteiger partial charge < -0.3 is 15.5 Å². The van der Waals surface area contributed by atoms with Gasteiger partial charge in [0.1, 0.15) is 0 Å². The van der Waals surface area contributed by atoms with E-state index in [4.69, 9.17) is 0 Å². The fraction of sp³-hybridized carbons (Fsp3) is 0.318. The second-order valence-electron chi connectivity index (χ2n) is 6.96. The quantitative estimate of drug-likeness (QED) is 0.725. The van der Waals surface area contributed by atoms with E-state index in [0.717, 1.165) is 37.2 Å². The molecule has 2 aromatic rings. The topological polar surface area (TPSA) is 78.5 Å². The molecule has 0 aliphatic carbocycles. The van der Waals surface area contributed by atoms with Crippen molar-refractivity contribution in [3.05, 3.63) is 65.2 Å². The Hall–Kier alpha value is -3.15. The lowest BCUT2D eigenvalue weighted by Crippen LogP contribution is -2.29. The van der Waals surface area contributed by atoms with Crippen LogP contribution >= 0.6 is 0 Å². The molecular weight excluding hydrogens is 354 g/mol. The van der Waals surface area contributed by atoms with Crippen molar-refractivity contribution in [2.45, 2.75) is 26.3 Å². The fourth-order valence-electron chi connectivity index (χ4n) is 3.14. The smallest absolute Gasteiger partial charge is 0.253 e. The molecule has 146 valence electrons. The van der Waals surface area contributed by atoms with E-state index in [1.54, 1.807) is 24.3 Å². The number of rotatable bonds is 7. The van der Waals surface area contributed by atoms with Crippen molar-refractivity contribution in [3.8, 4) is 0 Å². The summed E-state index contributed by atoms with van der Waals surface area (Å²) in [6.07, 6.45) is 2.15. The first-order valence-corrected chi connectivity index (χ1v) is 9.53. The van der Waals surface area contributed by atoms with Gasteiger partial charge in [-0.25, -0.2) is 0 Å². The van der Waals surface area contributed by atoms with Crippen LogP contribution in [0.25, 0.3) is 0 Å². The van der Waals surface area contributed by atoms with Crippen LogP contribution < -0.4 is 10.6 Å². The Morgan fingerprint density at radius 1 is 0.893 bits per heavy atom. The van der Waals surface area contributed by atoms with Gasteiger partial charge in [0, 0.05) is 36.4 Å². The standard InChI is InChI=1S/C22H25N3O3/c1-16(26)18-8-10-20(11-9-18)23-15-21(27)24-14-17-4-6-19(7-5-17)22(28)25-12-2-3-13-25/h4-11,23H,2-3,12-15H2,1H3,(H,24,27). The molecule has 1 fully saturated rings. The molecule has 0 spiro atoms. The summed E-state index contributed by atoms with van der Waals surface area (Å²) in [5.74, 6) is -0.0432. The molecule has 2 aromatic carbocycles. The van der Waals surface area contributed by atoms with Gasteiger partial charge in [0.15, 0.2) is 5.78 Å². The highest BCUT2D eigenvalue weighted by Crippen LogP contribution is 2.14. The van der Waals surface area contributed by atoms with Crippen molar-refractivity contribution in [1.29, 1.82) is 0 Å². The zero-order valence-electron chi connectivity index (χ0n) is 16.0. The van der Waals surface area contributed by atoms with E-state index >= 15 is 0 Å². The second kappa shape index (κ2) is 9.17. The number of carbonyl (C=O) groups is 3. The third-order valence-electron chi connectivity index (χ3n) is 4.83. The Balaban J connectivity index is 1.43. The highest BCUT2D eigenvalue weighted by atomic mass is 16.2. The largest absolute Gasteiger partial charge is 0.376 e. The molecule has 6 heteroatoms. The number of anilines is 1. The summed E-state index contributed by atoms with van der Waals surface area (Å²) in [7, 11) is 0. The van der Waals surface area contributed by atoms with E-state index in [-0.39, 0.29) is 24.1 Å². The van der Waals surface area contributed by atoms with Crippen molar-refractivity contribution in [2.75, 3.05) is 25.0 Å². The first-order valence-electron chi connectivity index (χ1n) is 9.53. The monoisotopic (exact) mass is 379 g/mol. The Kier molecular flexibility index (Phi) is 6.42. The van der Waals surface area contributed by atoms with Crippen molar-refractivity contribution < 1.29 is 14.4 Å². The molecule has 0 saturated carbocycles. The SMILES string of the molecule is CC(=O)c1ccc(NCC(=O)NCc2ccc(C(=O)N3CCCC3)cc2)cc1. The number of hydrogen-bond donors (Lipinski definition) is 2. The number of nitrogens with zero attached hydrogens (tertiary/aromatic N) is 1. The molecule has 0 radical (unpaired) electrons. The molecule has 28 heavy (non-hydrogen) atoms. The van der Waals surface area contributed by atoms with Crippen LogP contribution in [-0.2, 0) is 11.3 Å².